The quantitative estimate of drug-likeness (QED) is 0.290. The Hall–Kier alpha value is -3.36. The van der Waals surface area contributed by atoms with E-state index in [1.165, 1.54) is 17.0 Å². The molecule has 1 unspecified atom stereocenters. The van der Waals surface area contributed by atoms with Crippen molar-refractivity contribution >= 4 is 39.1 Å². The third-order valence-corrected chi connectivity index (χ3v) is 9.60. The van der Waals surface area contributed by atoms with Crippen LogP contribution >= 0.6 is 11.6 Å². The highest BCUT2D eigenvalue weighted by Gasteiger charge is 2.35. The molecule has 7 nitrogen and oxygen atoms in total. The van der Waals surface area contributed by atoms with Crippen LogP contribution in [0.2, 0.25) is 5.02 Å². The van der Waals surface area contributed by atoms with E-state index >= 15 is 0 Å². The predicted molar refractivity (Wildman–Crippen MR) is 163 cm³/mol. The zero-order valence-corrected chi connectivity index (χ0v) is 25.2. The van der Waals surface area contributed by atoms with Gasteiger partial charge < -0.3 is 10.2 Å². The molecule has 218 valence electrons. The Morgan fingerprint density at radius 2 is 1.63 bits per heavy atom. The van der Waals surface area contributed by atoms with Gasteiger partial charge in [0.25, 0.3) is 10.0 Å². The summed E-state index contributed by atoms with van der Waals surface area (Å²) < 4.78 is 28.8. The maximum atomic E-state index is 14.2. The predicted octanol–water partition coefficient (Wildman–Crippen LogP) is 6.10. The van der Waals surface area contributed by atoms with E-state index in [0.29, 0.717) is 6.42 Å². The minimum atomic E-state index is -4.16. The van der Waals surface area contributed by atoms with E-state index in [0.717, 1.165) is 47.5 Å². The zero-order chi connectivity index (χ0) is 29.4. The first-order valence-corrected chi connectivity index (χ1v) is 16.0. The molecule has 3 aromatic rings. The van der Waals surface area contributed by atoms with Crippen LogP contribution < -0.4 is 9.62 Å². The standard InChI is InChI=1S/C32H38ClN3O4S/c1-3-29(32(38)34-26-15-6-4-7-16-26)35(22-25-14-12-13-24(2)21-25)31(37)23-36(30-20-11-10-19-28(30)33)41(39,40)27-17-8-5-9-18-27/h5,8-14,17-21,26,29H,3-4,6-7,15-16,22-23H2,1-2H3,(H,34,38). The van der Waals surface area contributed by atoms with Crippen LogP contribution in [0.1, 0.15) is 56.6 Å². The molecule has 0 aliphatic heterocycles. The molecule has 1 aliphatic carbocycles. The van der Waals surface area contributed by atoms with E-state index in [1.54, 1.807) is 42.5 Å². The summed E-state index contributed by atoms with van der Waals surface area (Å²) in [5.74, 6) is -0.702. The Morgan fingerprint density at radius 1 is 0.951 bits per heavy atom. The van der Waals surface area contributed by atoms with Crippen molar-refractivity contribution in [3.63, 3.8) is 0 Å². The molecule has 0 spiro atoms. The molecule has 1 N–H and O–H groups in total. The monoisotopic (exact) mass is 595 g/mol. The highest BCUT2D eigenvalue weighted by Crippen LogP contribution is 2.31. The van der Waals surface area contributed by atoms with Crippen LogP contribution in [0, 0.1) is 6.92 Å². The smallest absolute Gasteiger partial charge is 0.264 e. The number of sulfonamides is 1. The molecule has 0 aromatic heterocycles. The topological polar surface area (TPSA) is 86.8 Å². The van der Waals surface area contributed by atoms with Gasteiger partial charge in [-0.2, -0.15) is 0 Å². The lowest BCUT2D eigenvalue weighted by atomic mass is 9.95. The molecule has 0 saturated heterocycles. The summed E-state index contributed by atoms with van der Waals surface area (Å²) in [5.41, 5.74) is 2.08. The van der Waals surface area contributed by atoms with Gasteiger partial charge >= 0.3 is 0 Å². The van der Waals surface area contributed by atoms with Crippen LogP contribution in [0.15, 0.2) is 83.8 Å². The van der Waals surface area contributed by atoms with Gasteiger partial charge in [-0.1, -0.05) is 97.9 Å². The van der Waals surface area contributed by atoms with E-state index in [-0.39, 0.29) is 34.1 Å². The molecule has 0 radical (unpaired) electrons. The van der Waals surface area contributed by atoms with Crippen molar-refractivity contribution in [1.29, 1.82) is 0 Å². The molecular weight excluding hydrogens is 558 g/mol. The fraction of sp³-hybridized carbons (Fsp3) is 0.375. The van der Waals surface area contributed by atoms with E-state index in [9.17, 15) is 18.0 Å². The largest absolute Gasteiger partial charge is 0.352 e. The number of hydrogen-bond acceptors (Lipinski definition) is 4. The molecule has 0 heterocycles. The first-order chi connectivity index (χ1) is 19.7. The molecule has 2 amide bonds. The lowest BCUT2D eigenvalue weighted by molar-refractivity contribution is -0.140. The van der Waals surface area contributed by atoms with E-state index in [2.05, 4.69) is 5.32 Å². The normalized spacial score (nSPS) is 14.7. The second-order valence-electron chi connectivity index (χ2n) is 10.6. The zero-order valence-electron chi connectivity index (χ0n) is 23.6. The van der Waals surface area contributed by atoms with Gasteiger partial charge in [0.1, 0.15) is 12.6 Å². The van der Waals surface area contributed by atoms with Gasteiger partial charge in [0, 0.05) is 12.6 Å². The van der Waals surface area contributed by atoms with Crippen molar-refractivity contribution in [1.82, 2.24) is 10.2 Å². The maximum Gasteiger partial charge on any atom is 0.264 e. The number of carbonyl (C=O) groups excluding carboxylic acids is 2. The van der Waals surface area contributed by atoms with Crippen LogP contribution in [0.4, 0.5) is 5.69 Å². The molecular formula is C32H38ClN3O4S. The number of hydrogen-bond donors (Lipinski definition) is 1. The fourth-order valence-electron chi connectivity index (χ4n) is 5.36. The van der Waals surface area contributed by atoms with E-state index < -0.39 is 28.5 Å². The number of aryl methyl sites for hydroxylation is 1. The SMILES string of the molecule is CCC(C(=O)NC1CCCCC1)N(Cc1cccc(C)c1)C(=O)CN(c1ccccc1Cl)S(=O)(=O)c1ccccc1. The molecule has 1 saturated carbocycles. The molecule has 4 rings (SSSR count). The van der Waals surface area contributed by atoms with Crippen LogP contribution in [0.5, 0.6) is 0 Å². The number of nitrogens with one attached hydrogen (secondary N) is 1. The Labute approximate surface area is 248 Å². The first kappa shape index (κ1) is 30.6. The number of carbonyl (C=O) groups is 2. The Bertz CT molecular complexity index is 1440. The van der Waals surface area contributed by atoms with Crippen molar-refractivity contribution in [3.8, 4) is 0 Å². The van der Waals surface area contributed by atoms with Crippen LogP contribution in [-0.2, 0) is 26.2 Å². The Balaban J connectivity index is 1.71. The lowest BCUT2D eigenvalue weighted by Crippen LogP contribution is -2.54. The van der Waals surface area contributed by atoms with Crippen molar-refractivity contribution in [3.05, 3.63) is 95.0 Å². The number of rotatable bonds is 11. The van der Waals surface area contributed by atoms with Gasteiger partial charge in [-0.25, -0.2) is 8.42 Å². The van der Waals surface area contributed by atoms with E-state index in [4.69, 9.17) is 11.6 Å². The molecule has 1 fully saturated rings. The van der Waals surface area contributed by atoms with Gasteiger partial charge in [-0.3, -0.25) is 13.9 Å². The number of amides is 2. The third kappa shape index (κ3) is 7.68. The summed E-state index contributed by atoms with van der Waals surface area (Å²) in [5, 5.41) is 3.37. The summed E-state index contributed by atoms with van der Waals surface area (Å²) in [6.07, 6.45) is 5.52. The molecule has 9 heteroatoms. The van der Waals surface area contributed by atoms with Crippen LogP contribution in [0.25, 0.3) is 0 Å². The average Bonchev–Trinajstić information content (AvgIpc) is 2.97. The van der Waals surface area contributed by atoms with Gasteiger partial charge in [0.15, 0.2) is 0 Å². The fourth-order valence-corrected chi connectivity index (χ4v) is 7.10. The molecule has 3 aromatic carbocycles. The van der Waals surface area contributed by atoms with Crippen molar-refractivity contribution in [2.75, 3.05) is 10.8 Å². The minimum absolute atomic E-state index is 0.0417. The summed E-state index contributed by atoms with van der Waals surface area (Å²) in [6.45, 7) is 3.49. The van der Waals surface area contributed by atoms with Gasteiger partial charge in [-0.05, 0) is 56.0 Å². The molecule has 1 aliphatic rings. The Morgan fingerprint density at radius 3 is 2.29 bits per heavy atom. The first-order valence-electron chi connectivity index (χ1n) is 14.2. The lowest BCUT2D eigenvalue weighted by Gasteiger charge is -2.34. The average molecular weight is 596 g/mol. The van der Waals surface area contributed by atoms with Gasteiger partial charge in [-0.15, -0.1) is 0 Å². The second kappa shape index (κ2) is 14.0. The van der Waals surface area contributed by atoms with Gasteiger partial charge in [0.2, 0.25) is 11.8 Å². The molecule has 0 bridgehead atoms. The van der Waals surface area contributed by atoms with Crippen molar-refractivity contribution in [2.24, 2.45) is 0 Å². The van der Waals surface area contributed by atoms with E-state index in [1.807, 2.05) is 38.1 Å². The van der Waals surface area contributed by atoms with Crippen LogP contribution in [-0.4, -0.2) is 43.8 Å². The summed E-state index contributed by atoms with van der Waals surface area (Å²) in [6, 6.07) is 21.6. The van der Waals surface area contributed by atoms with Gasteiger partial charge in [0.05, 0.1) is 15.6 Å². The third-order valence-electron chi connectivity index (χ3n) is 7.50. The molecule has 41 heavy (non-hydrogen) atoms. The summed E-state index contributed by atoms with van der Waals surface area (Å²) in [7, 11) is -4.16. The van der Waals surface area contributed by atoms with Crippen molar-refractivity contribution in [2.45, 2.75) is 75.9 Å². The number of anilines is 1. The highest BCUT2D eigenvalue weighted by atomic mass is 35.5. The van der Waals surface area contributed by atoms with Crippen molar-refractivity contribution < 1.29 is 18.0 Å². The number of benzene rings is 3. The Kier molecular flexibility index (Phi) is 10.5. The van der Waals surface area contributed by atoms with Crippen LogP contribution in [0.3, 0.4) is 0 Å². The minimum Gasteiger partial charge on any atom is -0.352 e. The molecule has 1 atom stereocenters. The summed E-state index contributed by atoms with van der Waals surface area (Å²) in [4.78, 5) is 29.4. The number of halogens is 1. The summed E-state index contributed by atoms with van der Waals surface area (Å²) >= 11 is 6.48. The number of para-hydroxylation sites is 1. The second-order valence-corrected chi connectivity index (χ2v) is 12.8. The number of nitrogens with zero attached hydrogens (tertiary/aromatic N) is 2. The maximum absolute atomic E-state index is 14.2. The highest BCUT2D eigenvalue weighted by molar-refractivity contribution is 7.92.